The fourth-order valence-electron chi connectivity index (χ4n) is 2.16. The predicted molar refractivity (Wildman–Crippen MR) is 76.9 cm³/mol. The zero-order valence-corrected chi connectivity index (χ0v) is 14.5. The highest BCUT2D eigenvalue weighted by Crippen LogP contribution is 2.39. The molecular weight excluding hydrogens is 276 g/mol. The Labute approximate surface area is 122 Å². The molecule has 0 aromatic carbocycles. The van der Waals surface area contributed by atoms with Gasteiger partial charge in [-0.2, -0.15) is 0 Å². The lowest BCUT2D eigenvalue weighted by Gasteiger charge is -2.37. The molecule has 0 aliphatic carbocycles. The van der Waals surface area contributed by atoms with Crippen molar-refractivity contribution >= 4 is 14.3 Å². The third kappa shape index (κ3) is 2.93. The summed E-state index contributed by atoms with van der Waals surface area (Å²) < 4.78 is 22.8. The van der Waals surface area contributed by atoms with Crippen LogP contribution in [0, 0.1) is 0 Å². The van der Waals surface area contributed by atoms with E-state index >= 15 is 0 Å². The average Bonchev–Trinajstić information content (AvgIpc) is 2.70. The van der Waals surface area contributed by atoms with Gasteiger partial charge in [-0.1, -0.05) is 20.8 Å². The largest absolute Gasteiger partial charge is 0.455 e. The van der Waals surface area contributed by atoms with Crippen LogP contribution >= 0.6 is 0 Å². The van der Waals surface area contributed by atoms with Gasteiger partial charge in [-0.05, 0) is 32.0 Å². The number of esters is 1. The second-order valence-electron chi connectivity index (χ2n) is 7.57. The third-order valence-corrected chi connectivity index (χ3v) is 8.91. The number of carbonyl (C=O) groups excluding carboxylic acids is 1. The molecule has 2 rings (SSSR count). The van der Waals surface area contributed by atoms with Crippen molar-refractivity contribution in [1.29, 1.82) is 0 Å². The van der Waals surface area contributed by atoms with Gasteiger partial charge < -0.3 is 18.6 Å². The molecule has 0 unspecified atom stereocenters. The van der Waals surface area contributed by atoms with Crippen molar-refractivity contribution in [2.75, 3.05) is 6.61 Å². The molecule has 5 nitrogen and oxygen atoms in total. The molecule has 0 N–H and O–H groups in total. The summed E-state index contributed by atoms with van der Waals surface area (Å²) in [7, 11) is -1.86. The smallest absolute Gasteiger partial charge is 0.338 e. The highest BCUT2D eigenvalue weighted by atomic mass is 28.4. The van der Waals surface area contributed by atoms with Gasteiger partial charge in [0.2, 0.25) is 0 Å². The van der Waals surface area contributed by atoms with E-state index < -0.39 is 20.2 Å². The Balaban J connectivity index is 2.00. The molecule has 2 saturated heterocycles. The summed E-state index contributed by atoms with van der Waals surface area (Å²) in [6.07, 6.45) is -1.34. The van der Waals surface area contributed by atoms with E-state index in [0.29, 0.717) is 6.61 Å². The van der Waals surface area contributed by atoms with Crippen molar-refractivity contribution in [3.8, 4) is 0 Å². The fraction of sp³-hybridized carbons (Fsp3) is 0.929. The van der Waals surface area contributed by atoms with Crippen LogP contribution in [0.3, 0.4) is 0 Å². The van der Waals surface area contributed by atoms with Gasteiger partial charge >= 0.3 is 5.97 Å². The summed E-state index contributed by atoms with van der Waals surface area (Å²) >= 11 is 0. The number of rotatable bonds is 3. The quantitative estimate of drug-likeness (QED) is 0.592. The van der Waals surface area contributed by atoms with Crippen molar-refractivity contribution in [3.63, 3.8) is 0 Å². The first-order valence-corrected chi connectivity index (χ1v) is 10.0. The molecule has 0 saturated carbocycles. The minimum atomic E-state index is -1.86. The maximum Gasteiger partial charge on any atom is 0.338 e. The van der Waals surface area contributed by atoms with Crippen molar-refractivity contribution < 1.29 is 23.4 Å². The van der Waals surface area contributed by atoms with Crippen LogP contribution < -0.4 is 0 Å². The van der Waals surface area contributed by atoms with Crippen LogP contribution in [0.5, 0.6) is 0 Å². The standard InChI is InChI=1S/C14H26O5Si/c1-13(2,3)20(6,7)16-8-9-10-11(12(15)17-9)19-14(4,5)18-10/h9-11H,8H2,1-7H3/t9-,10-,11-/m0/s1. The summed E-state index contributed by atoms with van der Waals surface area (Å²) in [5, 5.41) is 0.126. The van der Waals surface area contributed by atoms with E-state index in [4.69, 9.17) is 18.6 Å². The van der Waals surface area contributed by atoms with Gasteiger partial charge in [0.05, 0.1) is 6.61 Å². The summed E-state index contributed by atoms with van der Waals surface area (Å²) in [6, 6.07) is 0. The van der Waals surface area contributed by atoms with Gasteiger partial charge in [0, 0.05) is 0 Å². The first-order valence-electron chi connectivity index (χ1n) is 7.13. The molecule has 2 heterocycles. The molecule has 2 fully saturated rings. The average molecular weight is 302 g/mol. The van der Waals surface area contributed by atoms with Crippen LogP contribution in [0.2, 0.25) is 18.1 Å². The number of hydrogen-bond acceptors (Lipinski definition) is 5. The van der Waals surface area contributed by atoms with E-state index in [1.165, 1.54) is 0 Å². The first-order chi connectivity index (χ1) is 8.93. The molecule has 2 aliphatic heterocycles. The van der Waals surface area contributed by atoms with E-state index in [2.05, 4.69) is 33.9 Å². The van der Waals surface area contributed by atoms with E-state index in [1.807, 2.05) is 13.8 Å². The van der Waals surface area contributed by atoms with E-state index in [-0.39, 0.29) is 23.2 Å². The lowest BCUT2D eigenvalue weighted by atomic mass is 10.1. The number of fused-ring (bicyclic) bond motifs is 1. The zero-order valence-electron chi connectivity index (χ0n) is 13.5. The molecule has 2 aliphatic rings. The first kappa shape index (κ1) is 15.9. The molecule has 0 radical (unpaired) electrons. The van der Waals surface area contributed by atoms with Gasteiger partial charge in [-0.25, -0.2) is 4.79 Å². The SMILES string of the molecule is CC1(C)O[C@H]2[C@H](CO[Si](C)(C)C(C)(C)C)OC(=O)[C@H]2O1. The molecule has 6 heteroatoms. The molecule has 0 aromatic heterocycles. The second kappa shape index (κ2) is 4.80. The summed E-state index contributed by atoms with van der Waals surface area (Å²) in [5.74, 6) is -1.08. The van der Waals surface area contributed by atoms with E-state index in [1.54, 1.807) is 0 Å². The Kier molecular flexibility index (Phi) is 3.82. The number of cyclic esters (lactones) is 1. The van der Waals surface area contributed by atoms with Crippen molar-refractivity contribution in [1.82, 2.24) is 0 Å². The van der Waals surface area contributed by atoms with Gasteiger partial charge in [-0.3, -0.25) is 0 Å². The molecular formula is C14H26O5Si. The van der Waals surface area contributed by atoms with Gasteiger partial charge in [0.25, 0.3) is 0 Å². The van der Waals surface area contributed by atoms with Gasteiger partial charge in [0.1, 0.15) is 6.10 Å². The van der Waals surface area contributed by atoms with Crippen LogP contribution in [-0.4, -0.2) is 45.0 Å². The maximum absolute atomic E-state index is 11.8. The fourth-order valence-corrected chi connectivity index (χ4v) is 3.18. The molecule has 3 atom stereocenters. The Bertz CT molecular complexity index is 399. The molecule has 0 amide bonds. The normalized spacial score (nSPS) is 33.1. The van der Waals surface area contributed by atoms with Crippen LogP contribution in [0.25, 0.3) is 0 Å². The molecule has 116 valence electrons. The predicted octanol–water partition coefficient (Wildman–Crippen LogP) is 2.45. The maximum atomic E-state index is 11.8. The highest BCUT2D eigenvalue weighted by molar-refractivity contribution is 6.74. The Morgan fingerprint density at radius 3 is 2.40 bits per heavy atom. The molecule has 0 spiro atoms. The topological polar surface area (TPSA) is 54.0 Å². The minimum Gasteiger partial charge on any atom is -0.455 e. The lowest BCUT2D eigenvalue weighted by molar-refractivity contribution is -0.188. The lowest BCUT2D eigenvalue weighted by Crippen LogP contribution is -2.44. The summed E-state index contributed by atoms with van der Waals surface area (Å²) in [4.78, 5) is 11.8. The Morgan fingerprint density at radius 2 is 1.85 bits per heavy atom. The third-order valence-electron chi connectivity index (χ3n) is 4.41. The molecule has 0 bridgehead atoms. The van der Waals surface area contributed by atoms with E-state index in [9.17, 15) is 4.79 Å². The monoisotopic (exact) mass is 302 g/mol. The van der Waals surface area contributed by atoms with Gasteiger partial charge in [0.15, 0.2) is 26.3 Å². The van der Waals surface area contributed by atoms with Crippen LogP contribution in [0.4, 0.5) is 0 Å². The highest BCUT2D eigenvalue weighted by Gasteiger charge is 2.56. The van der Waals surface area contributed by atoms with Gasteiger partial charge in [-0.15, -0.1) is 0 Å². The number of ether oxygens (including phenoxy) is 3. The van der Waals surface area contributed by atoms with Crippen LogP contribution in [0.15, 0.2) is 0 Å². The summed E-state index contributed by atoms with van der Waals surface area (Å²) in [5.41, 5.74) is 0. The van der Waals surface area contributed by atoms with Crippen molar-refractivity contribution in [3.05, 3.63) is 0 Å². The minimum absolute atomic E-state index is 0.126. The van der Waals surface area contributed by atoms with Crippen LogP contribution in [-0.2, 0) is 23.4 Å². The van der Waals surface area contributed by atoms with Crippen molar-refractivity contribution in [2.24, 2.45) is 0 Å². The van der Waals surface area contributed by atoms with Crippen molar-refractivity contribution in [2.45, 2.75) is 76.8 Å². The second-order valence-corrected chi connectivity index (χ2v) is 12.4. The van der Waals surface area contributed by atoms with Crippen LogP contribution in [0.1, 0.15) is 34.6 Å². The zero-order chi connectivity index (χ0) is 15.3. The number of carbonyl (C=O) groups is 1. The number of hydrogen-bond donors (Lipinski definition) is 0. The molecule has 0 aromatic rings. The molecule has 20 heavy (non-hydrogen) atoms. The van der Waals surface area contributed by atoms with E-state index in [0.717, 1.165) is 0 Å². The Hall–Kier alpha value is -0.433. The Morgan fingerprint density at radius 1 is 1.25 bits per heavy atom. The summed E-state index contributed by atoms with van der Waals surface area (Å²) in [6.45, 7) is 14.9.